The topological polar surface area (TPSA) is 71.8 Å². The molecule has 1 N–H and O–H groups in total. The summed E-state index contributed by atoms with van der Waals surface area (Å²) in [5.74, 6) is 1.14. The molecule has 1 fully saturated rings. The molecule has 0 saturated carbocycles. The Kier molecular flexibility index (Phi) is 5.51. The summed E-state index contributed by atoms with van der Waals surface area (Å²) in [6.07, 6.45) is 3.27. The Balaban J connectivity index is 1.68. The van der Waals surface area contributed by atoms with E-state index in [1.807, 2.05) is 27.0 Å². The molecule has 0 spiro atoms. The lowest BCUT2D eigenvalue weighted by molar-refractivity contribution is 0.0210. The molecule has 148 valence electrons. The second-order valence-electron chi connectivity index (χ2n) is 8.34. The first-order chi connectivity index (χ1) is 12.6. The molecule has 1 saturated heterocycles. The van der Waals surface area contributed by atoms with Gasteiger partial charge in [-0.25, -0.2) is 9.78 Å². The average Bonchev–Trinajstić information content (AvgIpc) is 2.98. The molecule has 0 radical (unpaired) electrons. The van der Waals surface area contributed by atoms with Gasteiger partial charge in [0, 0.05) is 30.8 Å². The maximum absolute atomic E-state index is 12.2. The summed E-state index contributed by atoms with van der Waals surface area (Å²) in [5.41, 5.74) is 1.38. The number of carbonyl (C=O) groups excluding carboxylic acids is 1. The first-order valence-electron chi connectivity index (χ1n) is 9.42. The Hall–Kier alpha value is -2.02. The number of carbonyl (C=O) groups is 1. The van der Waals surface area contributed by atoms with Gasteiger partial charge in [0.15, 0.2) is 5.65 Å². The number of likely N-dealkylation sites (tertiary alicyclic amines) is 1. The van der Waals surface area contributed by atoms with Crippen LogP contribution in [0.5, 0.6) is 0 Å². The van der Waals surface area contributed by atoms with Crippen LogP contribution in [0.25, 0.3) is 5.65 Å². The largest absolute Gasteiger partial charge is 0.444 e. The molecule has 0 unspecified atom stereocenters. The number of hydrogen-bond acceptors (Lipinski definition) is 5. The van der Waals surface area contributed by atoms with Crippen molar-refractivity contribution in [3.05, 3.63) is 23.0 Å². The minimum Gasteiger partial charge on any atom is -0.444 e. The predicted molar refractivity (Wildman–Crippen MR) is 107 cm³/mol. The molecule has 0 aliphatic carbocycles. The molecular formula is C19H28ClN5O2. The second kappa shape index (κ2) is 7.54. The van der Waals surface area contributed by atoms with Crippen molar-refractivity contribution in [2.45, 2.75) is 65.0 Å². The molecule has 0 bridgehead atoms. The van der Waals surface area contributed by atoms with Crippen molar-refractivity contribution >= 4 is 29.2 Å². The molecule has 1 amide bonds. The summed E-state index contributed by atoms with van der Waals surface area (Å²) in [5, 5.41) is 8.44. The summed E-state index contributed by atoms with van der Waals surface area (Å²) in [7, 11) is 0. The van der Waals surface area contributed by atoms with Crippen LogP contribution in [-0.2, 0) is 4.74 Å². The fourth-order valence-corrected chi connectivity index (χ4v) is 3.39. The van der Waals surface area contributed by atoms with Gasteiger partial charge in [-0.1, -0.05) is 25.4 Å². The summed E-state index contributed by atoms with van der Waals surface area (Å²) in [6.45, 7) is 11.2. The number of rotatable bonds is 3. The minimum atomic E-state index is -0.472. The standard InChI is InChI=1S/C19H28ClN5O2/c1-12(2)14-11-21-25-16(10-15(20)23-17(14)25)22-13-6-8-24(9-7-13)18(26)27-19(3,4)5/h10-13,22H,6-9H2,1-5H3. The highest BCUT2D eigenvalue weighted by Crippen LogP contribution is 2.25. The van der Waals surface area contributed by atoms with Crippen molar-refractivity contribution in [1.82, 2.24) is 19.5 Å². The molecule has 1 aliphatic rings. The lowest BCUT2D eigenvalue weighted by Gasteiger charge is -2.34. The number of ether oxygens (including phenoxy) is 1. The molecule has 2 aromatic heterocycles. The van der Waals surface area contributed by atoms with Crippen molar-refractivity contribution in [3.63, 3.8) is 0 Å². The molecule has 7 nitrogen and oxygen atoms in total. The van der Waals surface area contributed by atoms with Gasteiger partial charge in [0.2, 0.25) is 0 Å². The molecule has 0 atom stereocenters. The number of hydrogen-bond donors (Lipinski definition) is 1. The van der Waals surface area contributed by atoms with Crippen LogP contribution in [0.3, 0.4) is 0 Å². The van der Waals surface area contributed by atoms with E-state index in [1.165, 1.54) is 0 Å². The van der Waals surface area contributed by atoms with Crippen molar-refractivity contribution < 1.29 is 9.53 Å². The zero-order valence-corrected chi connectivity index (χ0v) is 17.4. The van der Waals surface area contributed by atoms with Crippen LogP contribution in [0.15, 0.2) is 12.3 Å². The van der Waals surface area contributed by atoms with Gasteiger partial charge < -0.3 is 15.0 Å². The van der Waals surface area contributed by atoms with Crippen LogP contribution in [-0.4, -0.2) is 50.3 Å². The number of aromatic nitrogens is 3. The highest BCUT2D eigenvalue weighted by atomic mass is 35.5. The number of halogens is 1. The second-order valence-corrected chi connectivity index (χ2v) is 8.73. The normalized spacial score (nSPS) is 16.2. The van der Waals surface area contributed by atoms with Crippen LogP contribution in [0.4, 0.5) is 10.6 Å². The maximum atomic E-state index is 12.2. The molecular weight excluding hydrogens is 366 g/mol. The van der Waals surface area contributed by atoms with Crippen LogP contribution in [0.2, 0.25) is 5.15 Å². The molecule has 3 rings (SSSR count). The zero-order chi connectivity index (χ0) is 19.8. The quantitative estimate of drug-likeness (QED) is 0.786. The van der Waals surface area contributed by atoms with Gasteiger partial charge in [-0.3, -0.25) is 0 Å². The van der Waals surface area contributed by atoms with E-state index in [0.717, 1.165) is 29.9 Å². The number of anilines is 1. The Morgan fingerprint density at radius 1 is 1.33 bits per heavy atom. The number of nitrogens with one attached hydrogen (secondary N) is 1. The van der Waals surface area contributed by atoms with Gasteiger partial charge in [-0.15, -0.1) is 0 Å². The third-order valence-electron chi connectivity index (χ3n) is 4.59. The van der Waals surface area contributed by atoms with Crippen molar-refractivity contribution in [2.75, 3.05) is 18.4 Å². The van der Waals surface area contributed by atoms with E-state index in [4.69, 9.17) is 16.3 Å². The fourth-order valence-electron chi connectivity index (χ4n) is 3.20. The minimum absolute atomic E-state index is 0.233. The average molecular weight is 394 g/mol. The molecule has 1 aliphatic heterocycles. The monoisotopic (exact) mass is 393 g/mol. The predicted octanol–water partition coefficient (Wildman–Crippen LogP) is 4.32. The van der Waals surface area contributed by atoms with Gasteiger partial charge >= 0.3 is 6.09 Å². The molecule has 3 heterocycles. The van der Waals surface area contributed by atoms with E-state index in [9.17, 15) is 4.79 Å². The van der Waals surface area contributed by atoms with Crippen LogP contribution < -0.4 is 5.32 Å². The first-order valence-corrected chi connectivity index (χ1v) is 9.80. The molecule has 27 heavy (non-hydrogen) atoms. The highest BCUT2D eigenvalue weighted by Gasteiger charge is 2.27. The zero-order valence-electron chi connectivity index (χ0n) is 16.6. The van der Waals surface area contributed by atoms with Crippen LogP contribution in [0.1, 0.15) is 58.9 Å². The van der Waals surface area contributed by atoms with Crippen molar-refractivity contribution in [2.24, 2.45) is 0 Å². The van der Waals surface area contributed by atoms with E-state index >= 15 is 0 Å². The van der Waals surface area contributed by atoms with Crippen LogP contribution in [0, 0.1) is 0 Å². The SMILES string of the molecule is CC(C)c1cnn2c(NC3CCN(C(=O)OC(C)(C)C)CC3)cc(Cl)nc12. The number of amides is 1. The highest BCUT2D eigenvalue weighted by molar-refractivity contribution is 6.29. The fraction of sp³-hybridized carbons (Fsp3) is 0.632. The first kappa shape index (κ1) is 19.7. The molecule has 2 aromatic rings. The Labute approximate surface area is 165 Å². The number of fused-ring (bicyclic) bond motifs is 1. The van der Waals surface area contributed by atoms with E-state index < -0.39 is 5.60 Å². The maximum Gasteiger partial charge on any atom is 0.410 e. The smallest absolute Gasteiger partial charge is 0.410 e. The summed E-state index contributed by atoms with van der Waals surface area (Å²) < 4.78 is 7.26. The third-order valence-corrected chi connectivity index (χ3v) is 4.78. The van der Waals surface area contributed by atoms with Crippen molar-refractivity contribution in [3.8, 4) is 0 Å². The Morgan fingerprint density at radius 3 is 2.59 bits per heavy atom. The van der Waals surface area contributed by atoms with Crippen LogP contribution >= 0.6 is 11.6 Å². The Bertz CT molecular complexity index is 819. The van der Waals surface area contributed by atoms with Gasteiger partial charge in [0.25, 0.3) is 0 Å². The van der Waals surface area contributed by atoms with Gasteiger partial charge in [-0.05, 0) is 39.5 Å². The van der Waals surface area contributed by atoms with E-state index in [2.05, 4.69) is 29.2 Å². The van der Waals surface area contributed by atoms with E-state index in [1.54, 1.807) is 15.5 Å². The van der Waals surface area contributed by atoms with E-state index in [-0.39, 0.29) is 12.1 Å². The number of nitrogens with zero attached hydrogens (tertiary/aromatic N) is 4. The van der Waals surface area contributed by atoms with Crippen molar-refractivity contribution in [1.29, 1.82) is 0 Å². The molecule has 8 heteroatoms. The molecule has 0 aromatic carbocycles. The lowest BCUT2D eigenvalue weighted by atomic mass is 10.1. The van der Waals surface area contributed by atoms with Gasteiger partial charge in [-0.2, -0.15) is 9.61 Å². The summed E-state index contributed by atoms with van der Waals surface area (Å²) >= 11 is 6.24. The lowest BCUT2D eigenvalue weighted by Crippen LogP contribution is -2.44. The van der Waals surface area contributed by atoms with Gasteiger partial charge in [0.05, 0.1) is 6.20 Å². The number of piperidine rings is 1. The third kappa shape index (κ3) is 4.64. The summed E-state index contributed by atoms with van der Waals surface area (Å²) in [4.78, 5) is 18.4. The van der Waals surface area contributed by atoms with E-state index in [0.29, 0.717) is 24.2 Å². The summed E-state index contributed by atoms with van der Waals surface area (Å²) in [6, 6.07) is 2.03. The Morgan fingerprint density at radius 2 is 2.00 bits per heavy atom. The van der Waals surface area contributed by atoms with Gasteiger partial charge in [0.1, 0.15) is 16.6 Å².